The molecular weight excluding hydrogens is 340 g/mol. The highest BCUT2D eigenvalue weighted by Gasteiger charge is 2.40. The summed E-state index contributed by atoms with van der Waals surface area (Å²) in [5.41, 5.74) is 0.674. The second-order valence-electron chi connectivity index (χ2n) is 6.61. The van der Waals surface area contributed by atoms with Crippen LogP contribution in [0.4, 0.5) is 0 Å². The Morgan fingerprint density at radius 2 is 2.04 bits per heavy atom. The number of amides is 2. The highest BCUT2D eigenvalue weighted by molar-refractivity contribution is 7.91. The van der Waals surface area contributed by atoms with Crippen LogP contribution in [0.3, 0.4) is 0 Å². The van der Waals surface area contributed by atoms with Gasteiger partial charge >= 0.3 is 0 Å². The van der Waals surface area contributed by atoms with Crippen molar-refractivity contribution in [3.63, 3.8) is 0 Å². The van der Waals surface area contributed by atoms with Crippen LogP contribution in [-0.4, -0.2) is 55.9 Å². The minimum atomic E-state index is -3.36. The van der Waals surface area contributed by atoms with Crippen LogP contribution >= 0.6 is 0 Å². The molecule has 0 N–H and O–H groups in total. The number of hydrogen-bond acceptors (Lipinski definition) is 4. The Morgan fingerprint density at radius 3 is 2.76 bits per heavy atom. The van der Waals surface area contributed by atoms with Crippen LogP contribution in [0, 0.1) is 5.92 Å². The normalized spacial score (nSPS) is 24.4. The molecule has 7 heteroatoms. The molecule has 0 saturated carbocycles. The molecule has 6 nitrogen and oxygen atoms in total. The van der Waals surface area contributed by atoms with E-state index in [2.05, 4.69) is 6.58 Å². The van der Waals surface area contributed by atoms with Crippen molar-refractivity contribution in [1.29, 1.82) is 0 Å². The molecule has 1 fully saturated rings. The van der Waals surface area contributed by atoms with Gasteiger partial charge in [-0.05, 0) is 30.5 Å². The fourth-order valence-electron chi connectivity index (χ4n) is 3.70. The Hall–Kier alpha value is -2.15. The first-order chi connectivity index (χ1) is 11.8. The summed E-state index contributed by atoms with van der Waals surface area (Å²) in [6.45, 7) is 4.47. The van der Waals surface area contributed by atoms with Crippen molar-refractivity contribution < 1.29 is 18.0 Å². The van der Waals surface area contributed by atoms with Crippen molar-refractivity contribution in [3.05, 3.63) is 42.5 Å². The third kappa shape index (κ3) is 3.20. The molecule has 0 aromatic heterocycles. The highest BCUT2D eigenvalue weighted by Crippen LogP contribution is 2.37. The van der Waals surface area contributed by atoms with Gasteiger partial charge in [0.1, 0.15) is 0 Å². The van der Waals surface area contributed by atoms with Crippen molar-refractivity contribution in [1.82, 2.24) is 9.80 Å². The van der Waals surface area contributed by atoms with Crippen LogP contribution in [0.2, 0.25) is 0 Å². The molecule has 1 aromatic carbocycles. The molecule has 2 amide bonds. The molecule has 2 aliphatic rings. The van der Waals surface area contributed by atoms with E-state index in [4.69, 9.17) is 0 Å². The van der Waals surface area contributed by atoms with Crippen molar-refractivity contribution in [2.45, 2.75) is 23.8 Å². The Balaban J connectivity index is 1.80. The van der Waals surface area contributed by atoms with E-state index in [9.17, 15) is 18.0 Å². The van der Waals surface area contributed by atoms with Crippen LogP contribution < -0.4 is 0 Å². The second-order valence-corrected chi connectivity index (χ2v) is 8.61. The lowest BCUT2D eigenvalue weighted by Gasteiger charge is -2.35. The molecule has 2 atom stereocenters. The van der Waals surface area contributed by atoms with Crippen molar-refractivity contribution >= 4 is 21.7 Å². The number of nitrogens with zero attached hydrogens (tertiary/aromatic N) is 2. The number of benzene rings is 1. The lowest BCUT2D eigenvalue weighted by molar-refractivity contribution is -0.139. The summed E-state index contributed by atoms with van der Waals surface area (Å²) >= 11 is 0. The second kappa shape index (κ2) is 6.63. The quantitative estimate of drug-likeness (QED) is 0.762. The number of piperidine rings is 1. The van der Waals surface area contributed by atoms with E-state index >= 15 is 0 Å². The molecule has 0 aliphatic carbocycles. The number of fused-ring (bicyclic) bond motifs is 1. The zero-order valence-electron chi connectivity index (χ0n) is 14.2. The number of sulfone groups is 1. The van der Waals surface area contributed by atoms with Gasteiger partial charge in [-0.15, -0.1) is 0 Å². The van der Waals surface area contributed by atoms with Gasteiger partial charge in [0.25, 0.3) is 0 Å². The summed E-state index contributed by atoms with van der Waals surface area (Å²) in [6, 6.07) is 6.37. The molecule has 25 heavy (non-hydrogen) atoms. The highest BCUT2D eigenvalue weighted by atomic mass is 32.2. The molecule has 1 aromatic rings. The maximum atomic E-state index is 12.9. The van der Waals surface area contributed by atoms with E-state index in [-0.39, 0.29) is 23.5 Å². The molecule has 134 valence electrons. The molecule has 0 bridgehead atoms. The van der Waals surface area contributed by atoms with Crippen LogP contribution in [0.1, 0.15) is 24.4 Å². The Labute approximate surface area is 148 Å². The minimum absolute atomic E-state index is 0.0867. The van der Waals surface area contributed by atoms with Gasteiger partial charge < -0.3 is 9.80 Å². The van der Waals surface area contributed by atoms with Crippen molar-refractivity contribution in [2.24, 2.45) is 5.92 Å². The number of carbonyl (C=O) groups excluding carboxylic acids is 2. The summed E-state index contributed by atoms with van der Waals surface area (Å²) in [4.78, 5) is 28.2. The van der Waals surface area contributed by atoms with Crippen molar-refractivity contribution in [3.8, 4) is 0 Å². The predicted octanol–water partition coefficient (Wildman–Crippen LogP) is 1.40. The Kier molecular flexibility index (Phi) is 4.69. The van der Waals surface area contributed by atoms with E-state index in [1.165, 1.54) is 11.0 Å². The predicted molar refractivity (Wildman–Crippen MR) is 93.5 cm³/mol. The fourth-order valence-corrected chi connectivity index (χ4v) is 5.54. The molecule has 1 saturated heterocycles. The maximum absolute atomic E-state index is 12.9. The summed E-state index contributed by atoms with van der Waals surface area (Å²) in [7, 11) is -1.71. The lowest BCUT2D eigenvalue weighted by Crippen LogP contribution is -2.46. The molecule has 0 radical (unpaired) electrons. The molecule has 3 rings (SSSR count). The third-order valence-corrected chi connectivity index (χ3v) is 6.86. The first-order valence-electron chi connectivity index (χ1n) is 8.35. The molecular formula is C18H22N2O4S. The van der Waals surface area contributed by atoms with Gasteiger partial charge in [0.15, 0.2) is 9.84 Å². The van der Waals surface area contributed by atoms with E-state index in [1.807, 2.05) is 0 Å². The summed E-state index contributed by atoms with van der Waals surface area (Å²) in [5.74, 6) is -0.679. The van der Waals surface area contributed by atoms with E-state index < -0.39 is 15.9 Å². The fraction of sp³-hybridized carbons (Fsp3) is 0.444. The molecule has 0 spiro atoms. The summed E-state index contributed by atoms with van der Waals surface area (Å²) in [5, 5.41) is 0. The van der Waals surface area contributed by atoms with Crippen LogP contribution in [0.5, 0.6) is 0 Å². The van der Waals surface area contributed by atoms with E-state index in [1.54, 1.807) is 36.2 Å². The number of rotatable bonds is 3. The van der Waals surface area contributed by atoms with Crippen LogP contribution in [0.25, 0.3) is 0 Å². The largest absolute Gasteiger partial charge is 0.338 e. The standard InChI is InChI=1S/C18H22N2O4S/c1-3-17(21)20-10-6-7-13(11-20)18(22)19(2)15-12-25(23,24)16-9-5-4-8-14(15)16/h3-5,8-9,13,15H,1,6-7,10-12H2,2H3. The molecule has 2 heterocycles. The average molecular weight is 362 g/mol. The van der Waals surface area contributed by atoms with Gasteiger partial charge in [0, 0.05) is 20.1 Å². The van der Waals surface area contributed by atoms with Gasteiger partial charge in [-0.25, -0.2) is 8.42 Å². The smallest absolute Gasteiger partial charge is 0.245 e. The van der Waals surface area contributed by atoms with Gasteiger partial charge in [-0.3, -0.25) is 9.59 Å². The number of likely N-dealkylation sites (tertiary alicyclic amines) is 1. The third-order valence-electron chi connectivity index (χ3n) is 5.06. The van der Waals surface area contributed by atoms with Gasteiger partial charge in [-0.1, -0.05) is 24.8 Å². The zero-order chi connectivity index (χ0) is 18.2. The monoisotopic (exact) mass is 362 g/mol. The van der Waals surface area contributed by atoms with Gasteiger partial charge in [0.05, 0.1) is 22.6 Å². The lowest BCUT2D eigenvalue weighted by atomic mass is 9.95. The first kappa shape index (κ1) is 17.7. The van der Waals surface area contributed by atoms with E-state index in [0.29, 0.717) is 30.0 Å². The molecule has 2 aliphatic heterocycles. The molecule has 2 unspecified atom stereocenters. The minimum Gasteiger partial charge on any atom is -0.338 e. The Bertz CT molecular complexity index is 818. The number of hydrogen-bond donors (Lipinski definition) is 0. The Morgan fingerprint density at radius 1 is 1.32 bits per heavy atom. The van der Waals surface area contributed by atoms with Crippen LogP contribution in [0.15, 0.2) is 41.8 Å². The van der Waals surface area contributed by atoms with Gasteiger partial charge in [-0.2, -0.15) is 0 Å². The summed E-state index contributed by atoms with van der Waals surface area (Å²) in [6.07, 6.45) is 2.71. The topological polar surface area (TPSA) is 74.8 Å². The van der Waals surface area contributed by atoms with Crippen molar-refractivity contribution in [2.75, 3.05) is 25.9 Å². The zero-order valence-corrected chi connectivity index (χ0v) is 15.0. The van der Waals surface area contributed by atoms with Crippen LogP contribution in [-0.2, 0) is 19.4 Å². The van der Waals surface area contributed by atoms with Gasteiger partial charge in [0.2, 0.25) is 11.8 Å². The SMILES string of the molecule is C=CC(=O)N1CCCC(C(=O)N(C)C2CS(=O)(=O)c3ccccc32)C1. The number of carbonyl (C=O) groups is 2. The maximum Gasteiger partial charge on any atom is 0.245 e. The van der Waals surface area contributed by atoms with E-state index in [0.717, 1.165) is 6.42 Å². The first-order valence-corrected chi connectivity index (χ1v) is 10.00. The average Bonchev–Trinajstić information content (AvgIpc) is 2.91. The summed E-state index contributed by atoms with van der Waals surface area (Å²) < 4.78 is 24.7.